The van der Waals surface area contributed by atoms with Crippen molar-refractivity contribution in [3.63, 3.8) is 0 Å². The van der Waals surface area contributed by atoms with E-state index >= 15 is 0 Å². The van der Waals surface area contributed by atoms with Gasteiger partial charge in [-0.1, -0.05) is 54.6 Å². The van der Waals surface area contributed by atoms with Crippen molar-refractivity contribution in [1.29, 1.82) is 0 Å². The van der Waals surface area contributed by atoms with Crippen molar-refractivity contribution in [2.75, 3.05) is 25.1 Å². The van der Waals surface area contributed by atoms with Crippen LogP contribution in [-0.2, 0) is 19.6 Å². The summed E-state index contributed by atoms with van der Waals surface area (Å²) in [6, 6.07) is 25.8. The number of hydrogen-bond acceptors (Lipinski definition) is 3. The van der Waals surface area contributed by atoms with E-state index in [4.69, 9.17) is 4.74 Å². The summed E-state index contributed by atoms with van der Waals surface area (Å²) in [5.74, 6) is 0.955. The summed E-state index contributed by atoms with van der Waals surface area (Å²) in [6.45, 7) is 4.64. The third-order valence-corrected chi connectivity index (χ3v) is 6.03. The molecule has 0 amide bonds. The summed E-state index contributed by atoms with van der Waals surface area (Å²) in [7, 11) is 1.75. The number of fused-ring (bicyclic) bond motifs is 1. The number of anilines is 1. The topological polar surface area (TPSA) is 47.3 Å². The van der Waals surface area contributed by atoms with Crippen LogP contribution in [0.3, 0.4) is 0 Å². The van der Waals surface area contributed by atoms with Crippen molar-refractivity contribution < 1.29 is 4.74 Å². The molecule has 0 fully saturated rings. The van der Waals surface area contributed by atoms with Crippen molar-refractivity contribution in [3.8, 4) is 16.9 Å². The number of aromatic amines is 2. The number of ether oxygens (including phenoxy) is 1. The predicted octanol–water partition coefficient (Wildman–Crippen LogP) is 5.04. The largest absolute Gasteiger partial charge is 0.496 e. The number of H-pyrrole nitrogens is 2. The molecule has 0 aliphatic carbocycles. The Hall–Kier alpha value is -3.44. The second-order valence-corrected chi connectivity index (χ2v) is 8.09. The third kappa shape index (κ3) is 4.23. The van der Waals surface area contributed by atoms with Gasteiger partial charge in [0.05, 0.1) is 19.3 Å². The van der Waals surface area contributed by atoms with Gasteiger partial charge in [0.15, 0.2) is 0 Å². The molecule has 158 valence electrons. The van der Waals surface area contributed by atoms with Crippen LogP contribution in [-0.4, -0.2) is 35.3 Å². The lowest BCUT2D eigenvalue weighted by atomic mass is 10.0. The molecule has 4 aromatic rings. The number of nitrogens with zero attached hydrogens (tertiary/aromatic N) is 2. The number of aromatic nitrogens is 2. The Morgan fingerprint density at radius 3 is 2.45 bits per heavy atom. The van der Waals surface area contributed by atoms with Gasteiger partial charge in [0.1, 0.15) is 5.75 Å². The number of methoxy groups -OCH3 is 1. The minimum atomic E-state index is 0.870. The average molecular weight is 413 g/mol. The van der Waals surface area contributed by atoms with Gasteiger partial charge in [0.25, 0.3) is 0 Å². The van der Waals surface area contributed by atoms with Crippen molar-refractivity contribution in [3.05, 3.63) is 95.8 Å². The number of para-hydroxylation sites is 1. The number of hydrogen-bond donors (Lipinski definition) is 2. The highest BCUT2D eigenvalue weighted by Crippen LogP contribution is 2.32. The van der Waals surface area contributed by atoms with Gasteiger partial charge in [-0.2, -0.15) is 0 Å². The first-order valence-electron chi connectivity index (χ1n) is 10.8. The van der Waals surface area contributed by atoms with Crippen molar-refractivity contribution in [2.45, 2.75) is 19.6 Å². The van der Waals surface area contributed by atoms with Crippen molar-refractivity contribution in [1.82, 2.24) is 15.1 Å². The van der Waals surface area contributed by atoms with Gasteiger partial charge in [0, 0.05) is 43.6 Å². The molecule has 2 heterocycles. The van der Waals surface area contributed by atoms with Gasteiger partial charge >= 0.3 is 0 Å². The van der Waals surface area contributed by atoms with E-state index in [-0.39, 0.29) is 0 Å². The van der Waals surface area contributed by atoms with Crippen LogP contribution in [0, 0.1) is 0 Å². The Kier molecular flexibility index (Phi) is 5.50. The molecule has 0 unspecified atom stereocenters. The van der Waals surface area contributed by atoms with Crippen LogP contribution in [0.1, 0.15) is 16.8 Å². The zero-order valence-corrected chi connectivity index (χ0v) is 17.8. The van der Waals surface area contributed by atoms with Gasteiger partial charge in [-0.15, -0.1) is 0 Å². The number of nitrogens with one attached hydrogen (secondary N) is 2. The van der Waals surface area contributed by atoms with Gasteiger partial charge in [0.2, 0.25) is 0 Å². The van der Waals surface area contributed by atoms with E-state index in [2.05, 4.69) is 80.7 Å². The van der Waals surface area contributed by atoms with E-state index in [9.17, 15) is 0 Å². The molecule has 31 heavy (non-hydrogen) atoms. The summed E-state index contributed by atoms with van der Waals surface area (Å²) in [6.07, 6.45) is 2.04. The van der Waals surface area contributed by atoms with Crippen LogP contribution in [0.2, 0.25) is 0 Å². The lowest BCUT2D eigenvalue weighted by Gasteiger charge is -2.26. The van der Waals surface area contributed by atoms with Crippen LogP contribution < -0.4 is 9.64 Å². The van der Waals surface area contributed by atoms with Crippen LogP contribution in [0.15, 0.2) is 79.0 Å². The van der Waals surface area contributed by atoms with Crippen LogP contribution in [0.4, 0.5) is 5.69 Å². The first-order chi connectivity index (χ1) is 15.3. The molecule has 3 aromatic carbocycles. The molecule has 0 saturated carbocycles. The van der Waals surface area contributed by atoms with Crippen LogP contribution >= 0.6 is 0 Å². The molecule has 1 aromatic heterocycles. The summed E-state index contributed by atoms with van der Waals surface area (Å²) in [5.41, 5.74) is 7.65. The van der Waals surface area contributed by atoms with E-state index in [1.165, 1.54) is 33.6 Å². The van der Waals surface area contributed by atoms with E-state index in [1.54, 1.807) is 7.11 Å². The number of rotatable bonds is 6. The van der Waals surface area contributed by atoms with E-state index < -0.39 is 0 Å². The molecule has 1 aliphatic rings. The molecular formula is C26H28N4O. The Labute approximate surface area is 183 Å². The third-order valence-electron chi connectivity index (χ3n) is 6.03. The molecular weight excluding hydrogens is 384 g/mol. The molecule has 0 atom stereocenters. The zero-order valence-electron chi connectivity index (χ0n) is 17.8. The summed E-state index contributed by atoms with van der Waals surface area (Å²) >= 11 is 0. The molecule has 2 N–H and O–H groups in total. The summed E-state index contributed by atoms with van der Waals surface area (Å²) in [5, 5.41) is 6.20. The molecule has 1 aliphatic heterocycles. The maximum Gasteiger partial charge on any atom is 0.123 e. The summed E-state index contributed by atoms with van der Waals surface area (Å²) in [4.78, 5) is 5.00. The fourth-order valence-electron chi connectivity index (χ4n) is 4.37. The fraction of sp³-hybridized carbons (Fsp3) is 0.231. The molecule has 5 nitrogen and oxygen atoms in total. The minimum absolute atomic E-state index is 0.870. The maximum absolute atomic E-state index is 5.60. The molecule has 5 heteroatoms. The van der Waals surface area contributed by atoms with Crippen LogP contribution in [0.25, 0.3) is 11.1 Å². The summed E-state index contributed by atoms with van der Waals surface area (Å²) < 4.78 is 5.60. The van der Waals surface area contributed by atoms with E-state index in [0.717, 1.165) is 38.5 Å². The normalized spacial score (nSPS) is 14.3. The second kappa shape index (κ2) is 8.74. The quantitative estimate of drug-likeness (QED) is 0.466. The lowest BCUT2D eigenvalue weighted by molar-refractivity contribution is 0.263. The highest BCUT2D eigenvalue weighted by molar-refractivity contribution is 5.69. The predicted molar refractivity (Wildman–Crippen MR) is 125 cm³/mol. The highest BCUT2D eigenvalue weighted by atomic mass is 16.5. The molecule has 0 spiro atoms. The van der Waals surface area contributed by atoms with Crippen LogP contribution in [0.5, 0.6) is 5.75 Å². The van der Waals surface area contributed by atoms with Gasteiger partial charge < -0.3 is 19.8 Å². The molecule has 0 radical (unpaired) electrons. The first-order valence-corrected chi connectivity index (χ1v) is 10.8. The highest BCUT2D eigenvalue weighted by Gasteiger charge is 2.22. The molecule has 0 saturated heterocycles. The minimum Gasteiger partial charge on any atom is -0.496 e. The van der Waals surface area contributed by atoms with E-state index in [1.807, 2.05) is 18.3 Å². The van der Waals surface area contributed by atoms with E-state index in [0.29, 0.717) is 0 Å². The molecule has 0 bridgehead atoms. The smallest absolute Gasteiger partial charge is 0.123 e. The Morgan fingerprint density at radius 1 is 0.871 bits per heavy atom. The number of benzene rings is 3. The Bertz CT molecular complexity index is 1120. The lowest BCUT2D eigenvalue weighted by Crippen LogP contribution is -2.31. The van der Waals surface area contributed by atoms with Gasteiger partial charge in [-0.3, -0.25) is 4.90 Å². The Balaban J connectivity index is 1.47. The fourth-order valence-corrected chi connectivity index (χ4v) is 4.37. The molecule has 5 rings (SSSR count). The second-order valence-electron chi connectivity index (χ2n) is 8.09. The standard InChI is InChI=1S/C26H28N4O/c1-31-26-10-6-5-9-22(26)17-29-13-14-30(19-24-16-27-28-24)25-12-11-21(15-23(25)18-29)20-7-3-2-4-8-20/h2-12,15-16,27-28H,13-14,17-19H2,1H3. The maximum atomic E-state index is 5.60. The zero-order chi connectivity index (χ0) is 21.0. The monoisotopic (exact) mass is 412 g/mol. The van der Waals surface area contributed by atoms with Crippen molar-refractivity contribution in [2.24, 2.45) is 0 Å². The van der Waals surface area contributed by atoms with Gasteiger partial charge in [-0.05, 0) is 34.9 Å². The van der Waals surface area contributed by atoms with Crippen molar-refractivity contribution >= 4 is 5.69 Å². The SMILES string of the molecule is COc1ccccc1CN1CCN(Cc2c[nH][nH]2)c2ccc(-c3ccccc3)cc2C1. The van der Waals surface area contributed by atoms with Gasteiger partial charge in [-0.25, -0.2) is 0 Å². The first kappa shape index (κ1) is 19.5. The average Bonchev–Trinajstić information content (AvgIpc) is 2.95. The Morgan fingerprint density at radius 2 is 1.68 bits per heavy atom.